The maximum Gasteiger partial charge on any atom is 0.401 e. The van der Waals surface area contributed by atoms with Gasteiger partial charge in [0.25, 0.3) is 0 Å². The smallest absolute Gasteiger partial charge is 0.290 e. The summed E-state index contributed by atoms with van der Waals surface area (Å²) in [5.41, 5.74) is 3.17. The molecule has 1 aromatic heterocycles. The van der Waals surface area contributed by atoms with Gasteiger partial charge in [0, 0.05) is 18.7 Å². The van der Waals surface area contributed by atoms with E-state index in [4.69, 9.17) is 0 Å². The second-order valence-corrected chi connectivity index (χ2v) is 5.70. The standard InChI is InChI=1S/C14H16F3N5/c1-9-3-4-11(5-10(9)2)13-18-20-22(19-13)12-6-21(7-12)8-14(15,16)17/h3-5,12H,6-8H2,1-2H3. The first kappa shape index (κ1) is 15.0. The third-order valence-corrected chi connectivity index (χ3v) is 3.86. The van der Waals surface area contributed by atoms with Gasteiger partial charge in [-0.25, -0.2) is 0 Å². The highest BCUT2D eigenvalue weighted by molar-refractivity contribution is 5.56. The number of tetrazole rings is 1. The SMILES string of the molecule is Cc1ccc(-c2nnn(C3CN(CC(F)(F)F)C3)n2)cc1C. The van der Waals surface area contributed by atoms with Crippen molar-refractivity contribution in [3.05, 3.63) is 29.3 Å². The lowest BCUT2D eigenvalue weighted by Crippen LogP contribution is -2.51. The molecule has 2 aromatic rings. The Bertz CT molecular complexity index is 673. The number of alkyl halides is 3. The van der Waals surface area contributed by atoms with Crippen molar-refractivity contribution in [2.45, 2.75) is 26.1 Å². The zero-order valence-electron chi connectivity index (χ0n) is 12.3. The van der Waals surface area contributed by atoms with Gasteiger partial charge < -0.3 is 0 Å². The van der Waals surface area contributed by atoms with Gasteiger partial charge in [0.1, 0.15) is 0 Å². The van der Waals surface area contributed by atoms with E-state index in [9.17, 15) is 13.2 Å². The molecule has 0 aliphatic carbocycles. The Morgan fingerprint density at radius 1 is 1.18 bits per heavy atom. The number of benzene rings is 1. The average molecular weight is 311 g/mol. The van der Waals surface area contributed by atoms with E-state index in [0.29, 0.717) is 18.9 Å². The highest BCUT2D eigenvalue weighted by Crippen LogP contribution is 2.26. The van der Waals surface area contributed by atoms with Crippen LogP contribution in [0, 0.1) is 13.8 Å². The molecular weight excluding hydrogens is 295 g/mol. The van der Waals surface area contributed by atoms with Crippen LogP contribution in [0.4, 0.5) is 13.2 Å². The summed E-state index contributed by atoms with van der Waals surface area (Å²) in [6.07, 6.45) is -4.16. The fourth-order valence-corrected chi connectivity index (χ4v) is 2.45. The molecule has 0 unspecified atom stereocenters. The third-order valence-electron chi connectivity index (χ3n) is 3.86. The van der Waals surface area contributed by atoms with E-state index in [1.165, 1.54) is 15.3 Å². The van der Waals surface area contributed by atoms with Crippen LogP contribution in [0.3, 0.4) is 0 Å². The summed E-state index contributed by atoms with van der Waals surface area (Å²) in [6, 6.07) is 5.74. The second kappa shape index (κ2) is 5.35. The minimum Gasteiger partial charge on any atom is -0.290 e. The van der Waals surface area contributed by atoms with E-state index in [2.05, 4.69) is 15.4 Å². The Kier molecular flexibility index (Phi) is 3.64. The minimum atomic E-state index is -4.16. The monoisotopic (exact) mass is 311 g/mol. The summed E-state index contributed by atoms with van der Waals surface area (Å²) in [5, 5.41) is 12.3. The average Bonchev–Trinajstić information content (AvgIpc) is 2.84. The Labute approximate surface area is 125 Å². The largest absolute Gasteiger partial charge is 0.401 e. The normalized spacial score (nSPS) is 16.8. The number of aryl methyl sites for hydroxylation is 2. The quantitative estimate of drug-likeness (QED) is 0.873. The van der Waals surface area contributed by atoms with Gasteiger partial charge in [-0.3, -0.25) is 4.90 Å². The first-order valence-corrected chi connectivity index (χ1v) is 6.98. The van der Waals surface area contributed by atoms with Gasteiger partial charge in [-0.2, -0.15) is 18.0 Å². The fraction of sp³-hybridized carbons (Fsp3) is 0.500. The van der Waals surface area contributed by atoms with Crippen molar-refractivity contribution in [2.24, 2.45) is 0 Å². The summed E-state index contributed by atoms with van der Waals surface area (Å²) in [6.45, 7) is 3.73. The van der Waals surface area contributed by atoms with Crippen LogP contribution in [0.25, 0.3) is 11.4 Å². The molecule has 0 radical (unpaired) electrons. The molecule has 0 saturated carbocycles. The number of hydrogen-bond donors (Lipinski definition) is 0. The van der Waals surface area contributed by atoms with Gasteiger partial charge in [-0.1, -0.05) is 12.1 Å². The Hall–Kier alpha value is -1.96. The molecule has 0 amide bonds. The molecule has 3 rings (SSSR count). The van der Waals surface area contributed by atoms with Crippen molar-refractivity contribution in [3.8, 4) is 11.4 Å². The molecule has 0 spiro atoms. The Morgan fingerprint density at radius 3 is 2.55 bits per heavy atom. The zero-order chi connectivity index (χ0) is 15.9. The van der Waals surface area contributed by atoms with Crippen LogP contribution in [0.15, 0.2) is 18.2 Å². The first-order chi connectivity index (χ1) is 10.3. The molecule has 22 heavy (non-hydrogen) atoms. The fourth-order valence-electron chi connectivity index (χ4n) is 2.45. The van der Waals surface area contributed by atoms with Gasteiger partial charge in [0.05, 0.1) is 12.6 Å². The molecule has 8 heteroatoms. The van der Waals surface area contributed by atoms with Gasteiger partial charge in [0.2, 0.25) is 5.82 Å². The lowest BCUT2D eigenvalue weighted by atomic mass is 10.1. The molecule has 1 aliphatic rings. The van der Waals surface area contributed by atoms with E-state index in [1.54, 1.807) is 0 Å². The molecule has 0 bridgehead atoms. The van der Waals surface area contributed by atoms with Crippen LogP contribution in [0.5, 0.6) is 0 Å². The number of hydrogen-bond acceptors (Lipinski definition) is 4. The van der Waals surface area contributed by atoms with E-state index in [0.717, 1.165) is 11.1 Å². The Morgan fingerprint density at radius 2 is 1.91 bits per heavy atom. The van der Waals surface area contributed by atoms with Crippen molar-refractivity contribution < 1.29 is 13.2 Å². The maximum absolute atomic E-state index is 12.3. The van der Waals surface area contributed by atoms with E-state index in [-0.39, 0.29) is 6.04 Å². The molecule has 1 aliphatic heterocycles. The maximum atomic E-state index is 12.3. The molecule has 1 saturated heterocycles. The van der Waals surface area contributed by atoms with Crippen molar-refractivity contribution >= 4 is 0 Å². The third kappa shape index (κ3) is 3.11. The summed E-state index contributed by atoms with van der Waals surface area (Å²) in [4.78, 5) is 2.74. The van der Waals surface area contributed by atoms with E-state index in [1.807, 2.05) is 32.0 Å². The molecule has 0 N–H and O–H groups in total. The van der Waals surface area contributed by atoms with E-state index < -0.39 is 12.7 Å². The number of aromatic nitrogens is 4. The molecule has 1 fully saturated rings. The first-order valence-electron chi connectivity index (χ1n) is 6.98. The molecule has 5 nitrogen and oxygen atoms in total. The second-order valence-electron chi connectivity index (χ2n) is 5.70. The number of likely N-dealkylation sites (tertiary alicyclic amines) is 1. The van der Waals surface area contributed by atoms with Crippen molar-refractivity contribution in [1.82, 2.24) is 25.1 Å². The van der Waals surface area contributed by atoms with Gasteiger partial charge in [-0.15, -0.1) is 10.2 Å². The van der Waals surface area contributed by atoms with Crippen LogP contribution in [-0.2, 0) is 0 Å². The summed E-state index contributed by atoms with van der Waals surface area (Å²) >= 11 is 0. The number of halogens is 3. The van der Waals surface area contributed by atoms with Crippen LogP contribution in [-0.4, -0.2) is 50.9 Å². The van der Waals surface area contributed by atoms with E-state index >= 15 is 0 Å². The molecule has 1 aromatic carbocycles. The van der Waals surface area contributed by atoms with Gasteiger partial charge >= 0.3 is 6.18 Å². The van der Waals surface area contributed by atoms with Gasteiger partial charge in [0.15, 0.2) is 0 Å². The van der Waals surface area contributed by atoms with Crippen molar-refractivity contribution in [2.75, 3.05) is 19.6 Å². The van der Waals surface area contributed by atoms with Gasteiger partial charge in [-0.05, 0) is 36.3 Å². The summed E-state index contributed by atoms with van der Waals surface area (Å²) < 4.78 is 36.8. The van der Waals surface area contributed by atoms with Crippen molar-refractivity contribution in [3.63, 3.8) is 0 Å². The number of nitrogens with zero attached hydrogens (tertiary/aromatic N) is 5. The molecule has 118 valence electrons. The van der Waals surface area contributed by atoms with Crippen LogP contribution >= 0.6 is 0 Å². The lowest BCUT2D eigenvalue weighted by molar-refractivity contribution is -0.158. The highest BCUT2D eigenvalue weighted by atomic mass is 19.4. The van der Waals surface area contributed by atoms with Crippen LogP contribution in [0.2, 0.25) is 0 Å². The summed E-state index contributed by atoms with van der Waals surface area (Å²) in [7, 11) is 0. The van der Waals surface area contributed by atoms with Crippen molar-refractivity contribution in [1.29, 1.82) is 0 Å². The minimum absolute atomic E-state index is 0.143. The van der Waals surface area contributed by atoms with Crippen LogP contribution < -0.4 is 0 Å². The number of rotatable bonds is 3. The molecular formula is C14H16F3N5. The predicted octanol–water partition coefficient (Wildman–Crippen LogP) is 2.38. The summed E-state index contributed by atoms with van der Waals surface area (Å²) in [5.74, 6) is 0.498. The highest BCUT2D eigenvalue weighted by Gasteiger charge is 2.38. The zero-order valence-corrected chi connectivity index (χ0v) is 12.3. The molecule has 2 heterocycles. The topological polar surface area (TPSA) is 46.8 Å². The lowest BCUT2D eigenvalue weighted by Gasteiger charge is -2.38. The van der Waals surface area contributed by atoms with Crippen LogP contribution in [0.1, 0.15) is 17.2 Å². The Balaban J connectivity index is 1.67. The molecule has 0 atom stereocenters. The predicted molar refractivity (Wildman–Crippen MR) is 74.3 cm³/mol.